The summed E-state index contributed by atoms with van der Waals surface area (Å²) in [6, 6.07) is 0. The third-order valence-electron chi connectivity index (χ3n) is 1.89. The molecule has 0 aliphatic heterocycles. The first kappa shape index (κ1) is 14.4. The second-order valence-electron chi connectivity index (χ2n) is 3.20. The zero-order valence-electron chi connectivity index (χ0n) is 9.82. The number of methoxy groups -OCH3 is 1. The molecular weight excluding hydrogens is 255 g/mol. The van der Waals surface area contributed by atoms with Gasteiger partial charge in [0.1, 0.15) is 0 Å². The van der Waals surface area contributed by atoms with Gasteiger partial charge in [-0.2, -0.15) is 18.0 Å². The number of aromatic nitrogens is 3. The molecule has 1 heterocycles. The Morgan fingerprint density at radius 3 is 2.56 bits per heavy atom. The third-order valence-corrected chi connectivity index (χ3v) is 1.89. The summed E-state index contributed by atoms with van der Waals surface area (Å²) < 4.78 is 47.1. The monoisotopic (exact) mass is 267 g/mol. The van der Waals surface area contributed by atoms with Crippen molar-refractivity contribution < 1.29 is 27.4 Å². The molecule has 0 aliphatic rings. The van der Waals surface area contributed by atoms with E-state index in [1.165, 1.54) is 14.0 Å². The smallest absolute Gasteiger partial charge is 0.437 e. The topological polar surface area (TPSA) is 66.2 Å². The van der Waals surface area contributed by atoms with E-state index in [0.29, 0.717) is 0 Å². The molecule has 1 rings (SSSR count). The number of rotatable bonds is 5. The molecule has 0 aromatic carbocycles. The van der Waals surface area contributed by atoms with E-state index in [9.17, 15) is 18.0 Å². The van der Waals surface area contributed by atoms with E-state index in [0.717, 1.165) is 4.80 Å². The highest BCUT2D eigenvalue weighted by atomic mass is 19.4. The van der Waals surface area contributed by atoms with Gasteiger partial charge < -0.3 is 9.47 Å². The van der Waals surface area contributed by atoms with Crippen molar-refractivity contribution in [1.82, 2.24) is 15.0 Å². The van der Waals surface area contributed by atoms with Crippen molar-refractivity contribution in [3.63, 3.8) is 0 Å². The molecular formula is C9H12F3N3O3. The van der Waals surface area contributed by atoms with Gasteiger partial charge in [-0.05, 0) is 6.92 Å². The van der Waals surface area contributed by atoms with Crippen LogP contribution in [0, 0.1) is 0 Å². The summed E-state index contributed by atoms with van der Waals surface area (Å²) in [5.41, 5.74) is -2.18. The van der Waals surface area contributed by atoms with E-state index < -0.39 is 23.5 Å². The molecule has 0 aliphatic carbocycles. The van der Waals surface area contributed by atoms with Crippen LogP contribution in [-0.2, 0) is 22.2 Å². The van der Waals surface area contributed by atoms with Crippen molar-refractivity contribution in [2.75, 3.05) is 20.3 Å². The highest BCUT2D eigenvalue weighted by Gasteiger charge is 2.41. The van der Waals surface area contributed by atoms with Crippen LogP contribution in [0.5, 0.6) is 0 Å². The first-order valence-electron chi connectivity index (χ1n) is 5.08. The summed E-state index contributed by atoms with van der Waals surface area (Å²) in [5.74, 6) is -1.14. The van der Waals surface area contributed by atoms with Crippen LogP contribution < -0.4 is 0 Å². The predicted octanol–water partition coefficient (Wildman–Crippen LogP) is 1.12. The van der Waals surface area contributed by atoms with Gasteiger partial charge in [0.15, 0.2) is 0 Å². The van der Waals surface area contributed by atoms with Gasteiger partial charge in [-0.15, -0.1) is 10.2 Å². The predicted molar refractivity (Wildman–Crippen MR) is 52.9 cm³/mol. The molecule has 102 valence electrons. The number of esters is 1. The number of ether oxygens (including phenoxy) is 2. The van der Waals surface area contributed by atoms with Gasteiger partial charge in [0, 0.05) is 7.11 Å². The zero-order valence-corrected chi connectivity index (χ0v) is 9.82. The molecule has 18 heavy (non-hydrogen) atoms. The molecule has 0 N–H and O–H groups in total. The SMILES string of the molecule is CCOC(=O)c1nn(CCOC)nc1C(F)(F)F. The maximum atomic E-state index is 12.6. The Kier molecular flexibility index (Phi) is 4.65. The van der Waals surface area contributed by atoms with E-state index in [2.05, 4.69) is 14.9 Å². The molecule has 1 aromatic rings. The average Bonchev–Trinajstić information content (AvgIpc) is 2.70. The van der Waals surface area contributed by atoms with Crippen LogP contribution in [-0.4, -0.2) is 41.3 Å². The van der Waals surface area contributed by atoms with Crippen molar-refractivity contribution in [3.05, 3.63) is 11.4 Å². The minimum atomic E-state index is -4.76. The lowest BCUT2D eigenvalue weighted by Crippen LogP contribution is -2.15. The van der Waals surface area contributed by atoms with Crippen LogP contribution in [0.4, 0.5) is 13.2 Å². The standard InChI is InChI=1S/C9H12F3N3O3/c1-3-18-8(16)6-7(9(10,11)12)14-15(13-6)4-5-17-2/h3-5H2,1-2H3. The van der Waals surface area contributed by atoms with E-state index in [4.69, 9.17) is 4.74 Å². The Labute approximate surface area is 101 Å². The minimum absolute atomic E-state index is 0.0129. The Morgan fingerprint density at radius 1 is 1.39 bits per heavy atom. The molecule has 1 aromatic heterocycles. The normalized spacial score (nSPS) is 11.6. The lowest BCUT2D eigenvalue weighted by atomic mass is 10.3. The Balaban J connectivity index is 3.05. The number of hydrogen-bond acceptors (Lipinski definition) is 5. The van der Waals surface area contributed by atoms with E-state index >= 15 is 0 Å². The highest BCUT2D eigenvalue weighted by Crippen LogP contribution is 2.29. The quantitative estimate of drug-likeness (QED) is 0.748. The largest absolute Gasteiger partial charge is 0.461 e. The van der Waals surface area contributed by atoms with Gasteiger partial charge in [-0.25, -0.2) is 4.79 Å². The maximum absolute atomic E-state index is 12.6. The number of nitrogens with zero attached hydrogens (tertiary/aromatic N) is 3. The molecule has 0 spiro atoms. The van der Waals surface area contributed by atoms with Crippen LogP contribution in [0.15, 0.2) is 0 Å². The van der Waals surface area contributed by atoms with Crippen molar-refractivity contribution in [3.8, 4) is 0 Å². The summed E-state index contributed by atoms with van der Waals surface area (Å²) in [4.78, 5) is 12.1. The number of hydrogen-bond donors (Lipinski definition) is 0. The first-order valence-corrected chi connectivity index (χ1v) is 5.08. The number of carbonyl (C=O) groups excluding carboxylic acids is 1. The summed E-state index contributed by atoms with van der Waals surface area (Å²) in [6.07, 6.45) is -4.76. The van der Waals surface area contributed by atoms with Crippen LogP contribution in [0.25, 0.3) is 0 Å². The Morgan fingerprint density at radius 2 is 2.06 bits per heavy atom. The maximum Gasteiger partial charge on any atom is 0.437 e. The second kappa shape index (κ2) is 5.80. The number of alkyl halides is 3. The van der Waals surface area contributed by atoms with Crippen molar-refractivity contribution in [2.24, 2.45) is 0 Å². The lowest BCUT2D eigenvalue weighted by molar-refractivity contribution is -0.142. The molecule has 6 nitrogen and oxygen atoms in total. The molecule has 0 unspecified atom stereocenters. The van der Waals surface area contributed by atoms with E-state index in [-0.39, 0.29) is 19.8 Å². The van der Waals surface area contributed by atoms with Crippen molar-refractivity contribution in [2.45, 2.75) is 19.6 Å². The summed E-state index contributed by atoms with van der Waals surface area (Å²) in [7, 11) is 1.39. The fourth-order valence-corrected chi connectivity index (χ4v) is 1.15. The average molecular weight is 267 g/mol. The van der Waals surface area contributed by atoms with Crippen molar-refractivity contribution in [1.29, 1.82) is 0 Å². The molecule has 0 radical (unpaired) electrons. The second-order valence-corrected chi connectivity index (χ2v) is 3.20. The Hall–Kier alpha value is -1.64. The Bertz CT molecular complexity index is 417. The van der Waals surface area contributed by atoms with Gasteiger partial charge in [0.25, 0.3) is 0 Å². The molecule has 0 bridgehead atoms. The van der Waals surface area contributed by atoms with Gasteiger partial charge in [-0.1, -0.05) is 0 Å². The summed E-state index contributed by atoms with van der Waals surface area (Å²) in [6.45, 7) is 1.59. The summed E-state index contributed by atoms with van der Waals surface area (Å²) in [5, 5.41) is 6.69. The first-order chi connectivity index (χ1) is 8.40. The molecule has 0 atom stereocenters. The molecule has 0 saturated heterocycles. The van der Waals surface area contributed by atoms with Crippen LogP contribution in [0.2, 0.25) is 0 Å². The van der Waals surface area contributed by atoms with Crippen LogP contribution >= 0.6 is 0 Å². The molecule has 0 fully saturated rings. The van der Waals surface area contributed by atoms with Crippen LogP contribution in [0.3, 0.4) is 0 Å². The number of carbonyl (C=O) groups is 1. The van der Waals surface area contributed by atoms with E-state index in [1.807, 2.05) is 0 Å². The molecule has 9 heteroatoms. The third kappa shape index (κ3) is 3.42. The molecule has 0 saturated carbocycles. The van der Waals surface area contributed by atoms with Gasteiger partial charge in [0.05, 0.1) is 19.8 Å². The lowest BCUT2D eigenvalue weighted by Gasteiger charge is -2.03. The zero-order chi connectivity index (χ0) is 13.8. The molecule has 0 amide bonds. The van der Waals surface area contributed by atoms with Crippen molar-refractivity contribution >= 4 is 5.97 Å². The fraction of sp³-hybridized carbons (Fsp3) is 0.667. The fourth-order valence-electron chi connectivity index (χ4n) is 1.15. The number of halogens is 3. The van der Waals surface area contributed by atoms with Gasteiger partial charge >= 0.3 is 12.1 Å². The van der Waals surface area contributed by atoms with E-state index in [1.54, 1.807) is 0 Å². The summed E-state index contributed by atoms with van der Waals surface area (Å²) >= 11 is 0. The minimum Gasteiger partial charge on any atom is -0.461 e. The van der Waals surface area contributed by atoms with Gasteiger partial charge in [-0.3, -0.25) is 0 Å². The van der Waals surface area contributed by atoms with Gasteiger partial charge in [0.2, 0.25) is 11.4 Å². The van der Waals surface area contributed by atoms with Crippen LogP contribution in [0.1, 0.15) is 23.1 Å². The highest BCUT2D eigenvalue weighted by molar-refractivity contribution is 5.88.